The molecule has 4 nitrogen and oxygen atoms in total. The van der Waals surface area contributed by atoms with E-state index in [9.17, 15) is 0 Å². The van der Waals surface area contributed by atoms with Gasteiger partial charge in [0.2, 0.25) is 5.95 Å². The summed E-state index contributed by atoms with van der Waals surface area (Å²) in [6.07, 6.45) is 0. The van der Waals surface area contributed by atoms with Gasteiger partial charge in [0.15, 0.2) is 0 Å². The summed E-state index contributed by atoms with van der Waals surface area (Å²) in [5.41, 5.74) is 8.81. The Hall–Kier alpha value is -6.78. The summed E-state index contributed by atoms with van der Waals surface area (Å²) >= 11 is 0. The first-order valence-corrected chi connectivity index (χ1v) is 17.1. The smallest absolute Gasteiger partial charge is 0.235 e. The average molecular weight is 635 g/mol. The Kier molecular flexibility index (Phi) is 4.94. The fourth-order valence-corrected chi connectivity index (χ4v) is 8.82. The quantitative estimate of drug-likeness (QED) is 0.177. The fraction of sp³-hybridized carbons (Fsp3) is 0. The van der Waals surface area contributed by atoms with Gasteiger partial charge in [0.25, 0.3) is 0 Å². The number of hydrogen-bond donors (Lipinski definition) is 0. The molecule has 230 valence electrons. The van der Waals surface area contributed by atoms with Crippen LogP contribution < -0.4 is 0 Å². The van der Waals surface area contributed by atoms with E-state index >= 15 is 0 Å². The highest BCUT2D eigenvalue weighted by molar-refractivity contribution is 6.38. The Labute approximate surface area is 285 Å². The minimum Gasteiger partial charge on any atom is -0.306 e. The van der Waals surface area contributed by atoms with Crippen molar-refractivity contribution < 1.29 is 0 Å². The van der Waals surface area contributed by atoms with E-state index in [0.29, 0.717) is 5.95 Å². The molecule has 50 heavy (non-hydrogen) atoms. The van der Waals surface area contributed by atoms with Gasteiger partial charge in [-0.15, -0.1) is 0 Å². The van der Waals surface area contributed by atoms with Crippen molar-refractivity contribution in [2.45, 2.75) is 0 Å². The molecule has 0 saturated carbocycles. The summed E-state index contributed by atoms with van der Waals surface area (Å²) in [5, 5.41) is 13.3. The van der Waals surface area contributed by atoms with Crippen LogP contribution in [0.15, 0.2) is 158 Å². The van der Waals surface area contributed by atoms with Crippen LogP contribution in [0.2, 0.25) is 0 Å². The van der Waals surface area contributed by atoms with E-state index in [1.165, 1.54) is 59.6 Å². The lowest BCUT2D eigenvalue weighted by atomic mass is 9.98. The van der Waals surface area contributed by atoms with Gasteiger partial charge in [0.1, 0.15) is 0 Å². The maximum atomic E-state index is 5.53. The van der Waals surface area contributed by atoms with E-state index in [0.717, 1.165) is 44.0 Å². The summed E-state index contributed by atoms with van der Waals surface area (Å²) in [6.45, 7) is 0. The largest absolute Gasteiger partial charge is 0.306 e. The molecule has 0 spiro atoms. The molecular formula is C46H26N4. The zero-order valence-corrected chi connectivity index (χ0v) is 26.8. The van der Waals surface area contributed by atoms with Crippen molar-refractivity contribution in [2.24, 2.45) is 0 Å². The minimum atomic E-state index is 0.667. The van der Waals surface area contributed by atoms with Crippen LogP contribution in [0.1, 0.15) is 0 Å². The molecule has 0 radical (unpaired) electrons. The van der Waals surface area contributed by atoms with Crippen LogP contribution in [0.25, 0.3) is 110 Å². The van der Waals surface area contributed by atoms with Crippen LogP contribution >= 0.6 is 0 Å². The molecule has 4 heteroatoms. The van der Waals surface area contributed by atoms with Crippen molar-refractivity contribution in [3.05, 3.63) is 158 Å². The van der Waals surface area contributed by atoms with Crippen LogP contribution in [0.5, 0.6) is 0 Å². The third kappa shape index (κ3) is 3.21. The van der Waals surface area contributed by atoms with Crippen molar-refractivity contribution >= 4 is 92.3 Å². The molecule has 0 unspecified atom stereocenters. The van der Waals surface area contributed by atoms with E-state index in [1.54, 1.807) is 0 Å². The zero-order chi connectivity index (χ0) is 32.5. The van der Waals surface area contributed by atoms with Crippen molar-refractivity contribution in [1.29, 1.82) is 0 Å². The van der Waals surface area contributed by atoms with Gasteiger partial charge >= 0.3 is 0 Å². The van der Waals surface area contributed by atoms with E-state index in [1.807, 2.05) is 0 Å². The number of fused-ring (bicyclic) bond motifs is 16. The van der Waals surface area contributed by atoms with Gasteiger partial charge < -0.3 is 4.40 Å². The van der Waals surface area contributed by atoms with Crippen molar-refractivity contribution in [1.82, 2.24) is 18.9 Å². The molecule has 0 saturated heterocycles. The molecule has 0 aliphatic rings. The first-order chi connectivity index (χ1) is 24.8. The van der Waals surface area contributed by atoms with Gasteiger partial charge in [-0.1, -0.05) is 140 Å². The summed E-state index contributed by atoms with van der Waals surface area (Å²) in [4.78, 5) is 11.0. The van der Waals surface area contributed by atoms with E-state index < -0.39 is 0 Å². The Morgan fingerprint density at radius 1 is 0.360 bits per heavy atom. The Morgan fingerprint density at radius 2 is 0.980 bits per heavy atom. The lowest BCUT2D eigenvalue weighted by Gasteiger charge is -2.14. The molecule has 0 amide bonds. The second-order valence-electron chi connectivity index (χ2n) is 13.3. The summed E-state index contributed by atoms with van der Waals surface area (Å²) in [7, 11) is 0. The van der Waals surface area contributed by atoms with Crippen molar-refractivity contribution in [3.8, 4) is 17.2 Å². The SMILES string of the molecule is c1ccc(-c2nc(-n3c4ccccc4c4c5ccccc5c5c6cccc7c8ccccc8n(c76)c5c43)nc3c2ccc2ccccc23)cc1. The van der Waals surface area contributed by atoms with E-state index in [-0.39, 0.29) is 0 Å². The highest BCUT2D eigenvalue weighted by Gasteiger charge is 2.27. The molecular weight excluding hydrogens is 609 g/mol. The van der Waals surface area contributed by atoms with E-state index in [2.05, 4.69) is 167 Å². The number of aromatic nitrogens is 4. The molecule has 12 rings (SSSR count). The second kappa shape index (κ2) is 9.43. The van der Waals surface area contributed by atoms with Crippen LogP contribution in [0.4, 0.5) is 0 Å². The molecule has 0 atom stereocenters. The molecule has 0 N–H and O–H groups in total. The number of para-hydroxylation sites is 3. The monoisotopic (exact) mass is 634 g/mol. The lowest BCUT2D eigenvalue weighted by Crippen LogP contribution is -2.04. The number of benzene rings is 8. The first kappa shape index (κ1) is 26.2. The summed E-state index contributed by atoms with van der Waals surface area (Å²) in [6, 6.07) is 56.7. The van der Waals surface area contributed by atoms with Crippen LogP contribution in [0.3, 0.4) is 0 Å². The van der Waals surface area contributed by atoms with Gasteiger partial charge in [0, 0.05) is 48.7 Å². The predicted octanol–water partition coefficient (Wildman–Crippen LogP) is 11.9. The first-order valence-electron chi connectivity index (χ1n) is 17.1. The Bertz CT molecular complexity index is 3360. The molecule has 12 aromatic rings. The third-order valence-corrected chi connectivity index (χ3v) is 10.8. The summed E-state index contributed by atoms with van der Waals surface area (Å²) in [5.74, 6) is 0.667. The van der Waals surface area contributed by atoms with Gasteiger partial charge in [-0.3, -0.25) is 4.57 Å². The highest BCUT2D eigenvalue weighted by atomic mass is 15.2. The number of hydrogen-bond acceptors (Lipinski definition) is 2. The van der Waals surface area contributed by atoms with Crippen LogP contribution in [0, 0.1) is 0 Å². The molecule has 4 heterocycles. The maximum Gasteiger partial charge on any atom is 0.235 e. The summed E-state index contributed by atoms with van der Waals surface area (Å²) < 4.78 is 4.85. The van der Waals surface area contributed by atoms with Crippen molar-refractivity contribution in [2.75, 3.05) is 0 Å². The molecule has 4 aromatic heterocycles. The molecule has 0 fully saturated rings. The van der Waals surface area contributed by atoms with Crippen LogP contribution in [-0.4, -0.2) is 18.9 Å². The lowest BCUT2D eigenvalue weighted by molar-refractivity contribution is 1.02. The number of rotatable bonds is 2. The van der Waals surface area contributed by atoms with Gasteiger partial charge in [-0.25, -0.2) is 9.97 Å². The molecule has 0 aliphatic heterocycles. The standard InChI is InChI=1S/C46H26N4/c1-2-14-28(15-3-1)41-36-26-25-27-13-4-5-16-29(27)42(36)48-46(47-41)50-38-24-11-9-20-34(38)39-31-18-6-7-19-32(31)40-35-22-12-21-33-30-17-8-10-23-37(30)49(43(33)35)44(40)45(39)50/h1-26H. The normalized spacial score (nSPS) is 12.4. The van der Waals surface area contributed by atoms with Gasteiger partial charge in [-0.05, 0) is 34.4 Å². The zero-order valence-electron chi connectivity index (χ0n) is 26.8. The maximum absolute atomic E-state index is 5.53. The molecule has 0 bridgehead atoms. The molecule has 8 aromatic carbocycles. The third-order valence-electron chi connectivity index (χ3n) is 10.8. The van der Waals surface area contributed by atoms with Gasteiger partial charge in [-0.2, -0.15) is 0 Å². The Balaban J connectivity index is 1.39. The average Bonchev–Trinajstić information content (AvgIpc) is 3.84. The van der Waals surface area contributed by atoms with Gasteiger partial charge in [0.05, 0.1) is 38.8 Å². The van der Waals surface area contributed by atoms with Crippen LogP contribution in [-0.2, 0) is 0 Å². The minimum absolute atomic E-state index is 0.667. The highest BCUT2D eigenvalue weighted by Crippen LogP contribution is 2.48. The molecule has 0 aliphatic carbocycles. The topological polar surface area (TPSA) is 35.1 Å². The fourth-order valence-electron chi connectivity index (χ4n) is 8.82. The predicted molar refractivity (Wildman–Crippen MR) is 209 cm³/mol. The van der Waals surface area contributed by atoms with E-state index in [4.69, 9.17) is 9.97 Å². The number of nitrogens with zero attached hydrogens (tertiary/aromatic N) is 4. The van der Waals surface area contributed by atoms with Crippen molar-refractivity contribution in [3.63, 3.8) is 0 Å². The second-order valence-corrected chi connectivity index (χ2v) is 13.3. The Morgan fingerprint density at radius 3 is 1.80 bits per heavy atom.